The van der Waals surface area contributed by atoms with Gasteiger partial charge in [0.15, 0.2) is 17.3 Å². The van der Waals surface area contributed by atoms with Crippen LogP contribution in [0.3, 0.4) is 0 Å². The van der Waals surface area contributed by atoms with Crippen LogP contribution in [0.4, 0.5) is 13.2 Å². The van der Waals surface area contributed by atoms with E-state index in [0.717, 1.165) is 5.56 Å². The maximum absolute atomic E-state index is 12.9. The molecule has 13 heteroatoms. The van der Waals surface area contributed by atoms with Gasteiger partial charge in [-0.05, 0) is 18.6 Å². The predicted molar refractivity (Wildman–Crippen MR) is 121 cm³/mol. The Balaban J connectivity index is 1.73. The van der Waals surface area contributed by atoms with Crippen molar-refractivity contribution >= 4 is 22.8 Å². The predicted octanol–water partition coefficient (Wildman–Crippen LogP) is 3.20. The Morgan fingerprint density at radius 1 is 1.23 bits per heavy atom. The Morgan fingerprint density at radius 3 is 2.54 bits per heavy atom. The maximum atomic E-state index is 12.9. The molecule has 0 spiro atoms. The molecule has 0 amide bonds. The first kappa shape index (κ1) is 24.5. The number of ether oxygens (including phenoxy) is 1. The second kappa shape index (κ2) is 9.19. The van der Waals surface area contributed by atoms with E-state index in [9.17, 15) is 27.9 Å². The summed E-state index contributed by atoms with van der Waals surface area (Å²) in [5.74, 6) is 0.261. The van der Waals surface area contributed by atoms with Gasteiger partial charge in [0.25, 0.3) is 5.56 Å². The minimum atomic E-state index is -4.97. The van der Waals surface area contributed by atoms with Crippen LogP contribution in [-0.2, 0) is 13.6 Å². The number of rotatable bonds is 6. The molecule has 1 aromatic carbocycles. The van der Waals surface area contributed by atoms with Crippen molar-refractivity contribution < 1.29 is 23.0 Å². The number of hydrogen-bond donors (Lipinski definition) is 2. The van der Waals surface area contributed by atoms with Gasteiger partial charge in [0.05, 0.1) is 6.54 Å². The van der Waals surface area contributed by atoms with Gasteiger partial charge in [0.1, 0.15) is 17.0 Å². The fourth-order valence-corrected chi connectivity index (χ4v) is 3.76. The number of halogens is 4. The maximum Gasteiger partial charge on any atom is 0.416 e. The zero-order valence-corrected chi connectivity index (χ0v) is 19.1. The van der Waals surface area contributed by atoms with Crippen molar-refractivity contribution in [2.24, 2.45) is 7.05 Å². The van der Waals surface area contributed by atoms with Crippen molar-refractivity contribution in [1.29, 1.82) is 0 Å². The van der Waals surface area contributed by atoms with Crippen LogP contribution in [0.1, 0.15) is 18.6 Å². The van der Waals surface area contributed by atoms with Crippen molar-refractivity contribution in [1.82, 2.24) is 24.1 Å². The molecule has 0 aliphatic carbocycles. The molecule has 0 radical (unpaired) electrons. The number of pyridine rings is 1. The first-order valence-corrected chi connectivity index (χ1v) is 10.7. The molecule has 0 saturated carbocycles. The minimum absolute atomic E-state index is 0.114. The first-order chi connectivity index (χ1) is 16.5. The van der Waals surface area contributed by atoms with E-state index in [2.05, 4.69) is 9.97 Å². The van der Waals surface area contributed by atoms with E-state index in [4.69, 9.17) is 16.3 Å². The number of aliphatic hydroxyl groups is 1. The zero-order valence-electron chi connectivity index (χ0n) is 18.4. The summed E-state index contributed by atoms with van der Waals surface area (Å²) in [5, 5.41) is 9.59. The van der Waals surface area contributed by atoms with Gasteiger partial charge in [-0.1, -0.05) is 41.9 Å². The van der Waals surface area contributed by atoms with Gasteiger partial charge in [0, 0.05) is 18.8 Å². The summed E-state index contributed by atoms with van der Waals surface area (Å²) in [4.78, 5) is 35.0. The highest BCUT2D eigenvalue weighted by Gasteiger charge is 2.39. The third-order valence-electron chi connectivity index (χ3n) is 5.37. The highest BCUT2D eigenvalue weighted by molar-refractivity contribution is 6.32. The number of nitrogens with one attached hydrogen (secondary N) is 1. The number of alkyl halides is 3. The number of hydrogen-bond acceptors (Lipinski definition) is 6. The van der Waals surface area contributed by atoms with Gasteiger partial charge in [-0.2, -0.15) is 13.2 Å². The summed E-state index contributed by atoms with van der Waals surface area (Å²) in [6, 6.07) is 10.9. The molecule has 0 bridgehead atoms. The molecule has 3 heterocycles. The lowest BCUT2D eigenvalue weighted by Crippen LogP contribution is -2.39. The molecular formula is C22H19ClF3N5O4. The van der Waals surface area contributed by atoms with Crippen molar-refractivity contribution in [3.05, 3.63) is 74.0 Å². The molecule has 4 aromatic rings. The molecule has 2 N–H and O–H groups in total. The number of imidazole rings is 1. The van der Waals surface area contributed by atoms with Gasteiger partial charge >= 0.3 is 11.9 Å². The quantitative estimate of drug-likeness (QED) is 0.412. The Kier molecular flexibility index (Phi) is 6.43. The van der Waals surface area contributed by atoms with E-state index in [-0.39, 0.29) is 34.0 Å². The summed E-state index contributed by atoms with van der Waals surface area (Å²) < 4.78 is 46.3. The van der Waals surface area contributed by atoms with Crippen LogP contribution in [0, 0.1) is 0 Å². The van der Waals surface area contributed by atoms with Crippen LogP contribution in [0.25, 0.3) is 22.6 Å². The van der Waals surface area contributed by atoms with Crippen LogP contribution >= 0.6 is 11.6 Å². The van der Waals surface area contributed by atoms with E-state index in [1.807, 2.05) is 42.2 Å². The van der Waals surface area contributed by atoms with Crippen LogP contribution in [0.15, 0.2) is 52.2 Å². The van der Waals surface area contributed by atoms with Crippen molar-refractivity contribution in [3.63, 3.8) is 0 Å². The lowest BCUT2D eigenvalue weighted by atomic mass is 10.1. The molecule has 3 aromatic heterocycles. The van der Waals surface area contributed by atoms with Crippen LogP contribution in [0.2, 0.25) is 5.02 Å². The number of aromatic amines is 1. The van der Waals surface area contributed by atoms with Crippen LogP contribution in [-0.4, -0.2) is 41.5 Å². The molecular weight excluding hydrogens is 491 g/mol. The molecule has 0 saturated heterocycles. The fraction of sp³-hybridized carbons (Fsp3) is 0.273. The summed E-state index contributed by atoms with van der Waals surface area (Å²) in [6.07, 6.45) is -6.78. The topological polar surface area (TPSA) is 115 Å². The van der Waals surface area contributed by atoms with E-state index in [1.165, 1.54) is 23.9 Å². The fourth-order valence-electron chi connectivity index (χ4n) is 3.54. The average molecular weight is 510 g/mol. The number of nitrogens with zero attached hydrogens (tertiary/aromatic N) is 4. The number of aryl methyl sites for hydroxylation is 1. The molecule has 0 aliphatic rings. The third-order valence-corrected chi connectivity index (χ3v) is 5.64. The standard InChI is InChI=1S/C22H19ClF3N5O4/c1-11(12-6-4-3-5-7-12)35-20-14(23)8-13(9-27-20)17-28-18-16(30(17)2)19(33)29-21(34)31(18)10-15(32)22(24,25)26/h3-9,11,15,32H,10H2,1-2H3,(H,29,33,34). The summed E-state index contributed by atoms with van der Waals surface area (Å²) in [5.41, 5.74) is -1.24. The smallest absolute Gasteiger partial charge is 0.416 e. The van der Waals surface area contributed by atoms with E-state index >= 15 is 0 Å². The molecule has 9 nitrogen and oxygen atoms in total. The number of H-pyrrole nitrogens is 1. The summed E-state index contributed by atoms with van der Waals surface area (Å²) in [7, 11) is 1.45. The lowest BCUT2D eigenvalue weighted by molar-refractivity contribution is -0.207. The monoisotopic (exact) mass is 509 g/mol. The summed E-state index contributed by atoms with van der Waals surface area (Å²) >= 11 is 6.36. The molecule has 0 aliphatic heterocycles. The largest absolute Gasteiger partial charge is 0.469 e. The number of fused-ring (bicyclic) bond motifs is 1. The Labute approximate surface area is 200 Å². The van der Waals surface area contributed by atoms with Crippen molar-refractivity contribution in [3.8, 4) is 17.3 Å². The van der Waals surface area contributed by atoms with Crippen LogP contribution in [0.5, 0.6) is 5.88 Å². The number of aliphatic hydroxyl groups excluding tert-OH is 1. The van der Waals surface area contributed by atoms with Crippen LogP contribution < -0.4 is 16.0 Å². The Morgan fingerprint density at radius 2 is 1.91 bits per heavy atom. The Bertz CT molecular complexity index is 1500. The SMILES string of the molecule is CC(Oc1ncc(-c2nc3c(c(=O)[nH]c(=O)n3CC(O)C(F)(F)F)n2C)cc1Cl)c1ccccc1. The van der Waals surface area contributed by atoms with E-state index in [1.54, 1.807) is 0 Å². The third kappa shape index (κ3) is 4.80. The highest BCUT2D eigenvalue weighted by atomic mass is 35.5. The average Bonchev–Trinajstić information content (AvgIpc) is 3.15. The second-order valence-electron chi connectivity index (χ2n) is 7.78. The molecule has 2 atom stereocenters. The molecule has 4 rings (SSSR count). The zero-order chi connectivity index (χ0) is 25.5. The Hall–Kier alpha value is -3.64. The first-order valence-electron chi connectivity index (χ1n) is 10.3. The van der Waals surface area contributed by atoms with E-state index in [0.29, 0.717) is 10.1 Å². The van der Waals surface area contributed by atoms with Gasteiger partial charge in [-0.15, -0.1) is 0 Å². The highest BCUT2D eigenvalue weighted by Crippen LogP contribution is 2.31. The molecule has 2 unspecified atom stereocenters. The second-order valence-corrected chi connectivity index (χ2v) is 8.18. The van der Waals surface area contributed by atoms with Crippen molar-refractivity contribution in [2.45, 2.75) is 31.9 Å². The van der Waals surface area contributed by atoms with Gasteiger partial charge in [-0.3, -0.25) is 14.3 Å². The van der Waals surface area contributed by atoms with Crippen molar-refractivity contribution in [2.75, 3.05) is 0 Å². The van der Waals surface area contributed by atoms with Gasteiger partial charge < -0.3 is 14.4 Å². The molecule has 184 valence electrons. The lowest BCUT2D eigenvalue weighted by Gasteiger charge is -2.15. The number of aromatic nitrogens is 5. The van der Waals surface area contributed by atoms with E-state index < -0.39 is 30.1 Å². The number of benzene rings is 1. The summed E-state index contributed by atoms with van der Waals surface area (Å²) in [6.45, 7) is 0.683. The minimum Gasteiger partial charge on any atom is -0.469 e. The molecule has 35 heavy (non-hydrogen) atoms. The molecule has 0 fully saturated rings. The van der Waals surface area contributed by atoms with Gasteiger partial charge in [0.2, 0.25) is 5.88 Å². The normalized spacial score (nSPS) is 13.7. The van der Waals surface area contributed by atoms with Gasteiger partial charge in [-0.25, -0.2) is 14.8 Å².